The summed E-state index contributed by atoms with van der Waals surface area (Å²) in [7, 11) is 3.99. The maximum Gasteiger partial charge on any atom is 0.254 e. The predicted octanol–water partition coefficient (Wildman–Crippen LogP) is 2.50. The molecule has 2 aromatic heterocycles. The van der Waals surface area contributed by atoms with Crippen molar-refractivity contribution in [1.29, 1.82) is 0 Å². The number of amides is 1. The van der Waals surface area contributed by atoms with E-state index >= 15 is 0 Å². The van der Waals surface area contributed by atoms with Crippen molar-refractivity contribution < 1.29 is 9.90 Å². The van der Waals surface area contributed by atoms with Crippen molar-refractivity contribution in [3.8, 4) is 17.0 Å². The molecule has 27 heavy (non-hydrogen) atoms. The number of piperidine rings is 1. The van der Waals surface area contributed by atoms with Gasteiger partial charge in [-0.3, -0.25) is 9.89 Å². The predicted molar refractivity (Wildman–Crippen MR) is 104 cm³/mol. The Morgan fingerprint density at radius 1 is 1.26 bits per heavy atom. The number of likely N-dealkylation sites (tertiary alicyclic amines) is 1. The van der Waals surface area contributed by atoms with Crippen molar-refractivity contribution in [2.24, 2.45) is 0 Å². The third-order valence-corrected chi connectivity index (χ3v) is 5.37. The highest BCUT2D eigenvalue weighted by molar-refractivity contribution is 6.06. The van der Waals surface area contributed by atoms with Gasteiger partial charge in [0.25, 0.3) is 5.91 Å². The molecule has 0 atom stereocenters. The second-order valence-corrected chi connectivity index (χ2v) is 7.18. The minimum atomic E-state index is -0.0154. The molecule has 140 valence electrons. The van der Waals surface area contributed by atoms with Gasteiger partial charge in [-0.2, -0.15) is 5.10 Å². The molecule has 0 unspecified atom stereocenters. The van der Waals surface area contributed by atoms with Crippen LogP contribution in [0.2, 0.25) is 0 Å². The van der Waals surface area contributed by atoms with E-state index in [1.165, 1.54) is 0 Å². The van der Waals surface area contributed by atoms with Gasteiger partial charge in [0.1, 0.15) is 5.75 Å². The molecule has 3 heterocycles. The van der Waals surface area contributed by atoms with Crippen LogP contribution in [-0.2, 0) is 0 Å². The summed E-state index contributed by atoms with van der Waals surface area (Å²) in [5.41, 5.74) is 2.69. The lowest BCUT2D eigenvalue weighted by Crippen LogP contribution is -2.44. The summed E-state index contributed by atoms with van der Waals surface area (Å²) in [4.78, 5) is 22.0. The van der Waals surface area contributed by atoms with Crippen LogP contribution in [0.5, 0.6) is 5.75 Å². The highest BCUT2D eigenvalue weighted by atomic mass is 16.3. The number of aromatic hydroxyl groups is 1. The number of phenolic OH excluding ortho intramolecular Hbond substituents is 1. The van der Waals surface area contributed by atoms with Crippen LogP contribution in [0.3, 0.4) is 0 Å². The van der Waals surface area contributed by atoms with E-state index in [9.17, 15) is 9.90 Å². The van der Waals surface area contributed by atoms with Gasteiger partial charge >= 0.3 is 0 Å². The number of carbonyl (C=O) groups excluding carboxylic acids is 1. The van der Waals surface area contributed by atoms with Crippen molar-refractivity contribution in [2.75, 3.05) is 27.2 Å². The highest BCUT2D eigenvalue weighted by Crippen LogP contribution is 2.27. The van der Waals surface area contributed by atoms with Gasteiger partial charge in [-0.1, -0.05) is 0 Å². The lowest BCUT2D eigenvalue weighted by molar-refractivity contribution is 0.0661. The third-order valence-electron chi connectivity index (χ3n) is 5.37. The number of carbonyl (C=O) groups is 1. The number of phenols is 1. The fraction of sp³-hybridized carbons (Fsp3) is 0.350. The maximum absolute atomic E-state index is 13.3. The number of fused-ring (bicyclic) bond motifs is 1. The first-order valence-corrected chi connectivity index (χ1v) is 9.12. The highest BCUT2D eigenvalue weighted by Gasteiger charge is 2.26. The number of hydrogen-bond donors (Lipinski definition) is 2. The molecule has 0 bridgehead atoms. The molecule has 1 aromatic carbocycles. The van der Waals surface area contributed by atoms with Gasteiger partial charge in [0, 0.05) is 18.7 Å². The fourth-order valence-electron chi connectivity index (χ4n) is 3.62. The number of hydrogen-bond acceptors (Lipinski definition) is 5. The largest absolute Gasteiger partial charge is 0.508 e. The molecule has 1 aliphatic rings. The van der Waals surface area contributed by atoms with Crippen molar-refractivity contribution in [3.63, 3.8) is 0 Å². The smallest absolute Gasteiger partial charge is 0.254 e. The lowest BCUT2D eigenvalue weighted by Gasteiger charge is -2.35. The molecule has 7 heteroatoms. The Balaban J connectivity index is 1.70. The molecular formula is C20H23N5O2. The standard InChI is InChI=1S/C20H23N5O2/c1-24-9-7-14(8-10-24)25(2)20(27)16-11-18(13-3-5-15(26)6-4-13)22-19-17(16)12-21-23-19/h3-6,11-12,14,26H,7-10H2,1-2H3,(H,21,22,23). The first-order valence-electron chi connectivity index (χ1n) is 9.12. The normalized spacial score (nSPS) is 15.9. The van der Waals surface area contributed by atoms with E-state index in [0.29, 0.717) is 16.9 Å². The number of H-pyrrole nitrogens is 1. The van der Waals surface area contributed by atoms with Gasteiger partial charge in [0.05, 0.1) is 22.8 Å². The Morgan fingerprint density at radius 2 is 1.96 bits per heavy atom. The first-order chi connectivity index (χ1) is 13.0. The molecule has 0 spiro atoms. The van der Waals surface area contributed by atoms with Crippen LogP contribution in [0, 0.1) is 0 Å². The molecule has 2 N–H and O–H groups in total. The molecule has 1 fully saturated rings. The Hall–Kier alpha value is -2.93. The maximum atomic E-state index is 13.3. The average Bonchev–Trinajstić information content (AvgIpc) is 3.16. The van der Waals surface area contributed by atoms with Crippen LogP contribution in [-0.4, -0.2) is 69.2 Å². The van der Waals surface area contributed by atoms with Gasteiger partial charge in [0.2, 0.25) is 0 Å². The summed E-state index contributed by atoms with van der Waals surface area (Å²) in [5.74, 6) is 0.179. The fourth-order valence-corrected chi connectivity index (χ4v) is 3.62. The van der Waals surface area contributed by atoms with Crippen molar-refractivity contribution in [1.82, 2.24) is 25.0 Å². The van der Waals surface area contributed by atoms with Crippen LogP contribution < -0.4 is 0 Å². The van der Waals surface area contributed by atoms with Crippen LogP contribution in [0.1, 0.15) is 23.2 Å². The average molecular weight is 365 g/mol. The molecule has 1 saturated heterocycles. The number of aromatic amines is 1. The second-order valence-electron chi connectivity index (χ2n) is 7.18. The summed E-state index contributed by atoms with van der Waals surface area (Å²) < 4.78 is 0. The van der Waals surface area contributed by atoms with Gasteiger partial charge in [-0.15, -0.1) is 0 Å². The van der Waals surface area contributed by atoms with Gasteiger partial charge in [0.15, 0.2) is 5.65 Å². The SMILES string of the molecule is CN1CCC(N(C)C(=O)c2cc(-c3ccc(O)cc3)nc3[nH]ncc23)CC1. The van der Waals surface area contributed by atoms with E-state index in [0.717, 1.165) is 36.9 Å². The lowest BCUT2D eigenvalue weighted by atomic mass is 10.0. The zero-order valence-corrected chi connectivity index (χ0v) is 15.5. The molecule has 1 amide bonds. The third kappa shape index (κ3) is 3.38. The van der Waals surface area contributed by atoms with Crippen molar-refractivity contribution in [3.05, 3.63) is 42.1 Å². The molecule has 7 nitrogen and oxygen atoms in total. The van der Waals surface area contributed by atoms with Gasteiger partial charge in [-0.25, -0.2) is 4.98 Å². The van der Waals surface area contributed by atoms with E-state index in [-0.39, 0.29) is 17.7 Å². The Morgan fingerprint density at radius 3 is 2.67 bits per heavy atom. The summed E-state index contributed by atoms with van der Waals surface area (Å²) in [6, 6.07) is 8.85. The molecular weight excluding hydrogens is 342 g/mol. The zero-order valence-electron chi connectivity index (χ0n) is 15.5. The van der Waals surface area contributed by atoms with Crippen molar-refractivity contribution in [2.45, 2.75) is 18.9 Å². The summed E-state index contributed by atoms with van der Waals surface area (Å²) in [6.45, 7) is 2.00. The molecule has 4 rings (SSSR count). The molecule has 3 aromatic rings. The Labute approximate surface area is 157 Å². The molecule has 0 saturated carbocycles. The number of pyridine rings is 1. The monoisotopic (exact) mass is 365 g/mol. The Bertz CT molecular complexity index is 958. The first kappa shape index (κ1) is 17.5. The summed E-state index contributed by atoms with van der Waals surface area (Å²) >= 11 is 0. The second kappa shape index (κ2) is 7.00. The van der Waals surface area contributed by atoms with Crippen LogP contribution in [0.15, 0.2) is 36.5 Å². The van der Waals surface area contributed by atoms with E-state index in [2.05, 4.69) is 27.1 Å². The minimum absolute atomic E-state index is 0.0154. The van der Waals surface area contributed by atoms with E-state index in [1.807, 2.05) is 18.0 Å². The number of benzene rings is 1. The van der Waals surface area contributed by atoms with Crippen molar-refractivity contribution >= 4 is 16.9 Å². The number of aromatic nitrogens is 3. The minimum Gasteiger partial charge on any atom is -0.508 e. The van der Waals surface area contributed by atoms with Crippen LogP contribution in [0.25, 0.3) is 22.3 Å². The Kier molecular flexibility index (Phi) is 4.53. The number of nitrogens with zero attached hydrogens (tertiary/aromatic N) is 4. The van der Waals surface area contributed by atoms with E-state index < -0.39 is 0 Å². The molecule has 0 radical (unpaired) electrons. The summed E-state index contributed by atoms with van der Waals surface area (Å²) in [6.07, 6.45) is 3.60. The van der Waals surface area contributed by atoms with E-state index in [4.69, 9.17) is 0 Å². The summed E-state index contributed by atoms with van der Waals surface area (Å²) in [5, 5.41) is 17.2. The quantitative estimate of drug-likeness (QED) is 0.745. The molecule has 1 aliphatic heterocycles. The topological polar surface area (TPSA) is 85.4 Å². The van der Waals surface area contributed by atoms with E-state index in [1.54, 1.807) is 30.5 Å². The molecule has 0 aliphatic carbocycles. The van der Waals surface area contributed by atoms with Crippen LogP contribution >= 0.6 is 0 Å². The van der Waals surface area contributed by atoms with Gasteiger partial charge in [-0.05, 0) is 63.3 Å². The van der Waals surface area contributed by atoms with Gasteiger partial charge < -0.3 is 14.9 Å². The zero-order chi connectivity index (χ0) is 19.0. The number of nitrogens with one attached hydrogen (secondary N) is 1. The van der Waals surface area contributed by atoms with Crippen LogP contribution in [0.4, 0.5) is 0 Å². The number of rotatable bonds is 3.